The number of hydrogen-bond acceptors (Lipinski definition) is 4. The van der Waals surface area contributed by atoms with E-state index in [4.69, 9.17) is 15.0 Å². The zero-order chi connectivity index (χ0) is 37.7. The van der Waals surface area contributed by atoms with E-state index in [1.165, 1.54) is 32.3 Å². The van der Waals surface area contributed by atoms with E-state index in [-0.39, 0.29) is 0 Å². The van der Waals surface area contributed by atoms with E-state index in [9.17, 15) is 0 Å². The molecule has 0 radical (unpaired) electrons. The van der Waals surface area contributed by atoms with Crippen LogP contribution in [0.1, 0.15) is 0 Å². The van der Waals surface area contributed by atoms with Crippen molar-refractivity contribution in [2.45, 2.75) is 9.79 Å². The maximum atomic E-state index is 5.19. The molecule has 0 aliphatic rings. The Labute approximate surface area is 333 Å². The van der Waals surface area contributed by atoms with E-state index in [2.05, 4.69) is 185 Å². The molecular weight excluding hydrogens is 715 g/mol. The first-order valence-electron chi connectivity index (χ1n) is 19.0. The molecule has 0 aliphatic carbocycles. The predicted octanol–water partition coefficient (Wildman–Crippen LogP) is 13.2. The molecule has 0 amide bonds. The summed E-state index contributed by atoms with van der Waals surface area (Å²) in [6.45, 7) is 0. The van der Waals surface area contributed by atoms with Crippen LogP contribution in [0, 0.1) is 0 Å². The van der Waals surface area contributed by atoms with Gasteiger partial charge in [0, 0.05) is 48.2 Å². The number of para-hydroxylation sites is 3. The molecule has 57 heavy (non-hydrogen) atoms. The van der Waals surface area contributed by atoms with E-state index in [1.807, 2.05) is 24.3 Å². The maximum Gasteiger partial charge on any atom is 0.238 e. The fourth-order valence-corrected chi connectivity index (χ4v) is 8.82. The van der Waals surface area contributed by atoms with Crippen LogP contribution in [0.25, 0.3) is 89.2 Å². The summed E-state index contributed by atoms with van der Waals surface area (Å²) < 4.78 is 4.54. The van der Waals surface area contributed by atoms with E-state index in [0.717, 1.165) is 49.1 Å². The van der Waals surface area contributed by atoms with Gasteiger partial charge in [0.25, 0.3) is 0 Å². The molecule has 5 nitrogen and oxygen atoms in total. The molecule has 268 valence electrons. The third-order valence-electron chi connectivity index (χ3n) is 10.6. The Morgan fingerprint density at radius 1 is 0.316 bits per heavy atom. The van der Waals surface area contributed by atoms with E-state index >= 15 is 0 Å². The largest absolute Gasteiger partial charge is 0.309 e. The quantitative estimate of drug-likeness (QED) is 0.163. The van der Waals surface area contributed by atoms with Crippen LogP contribution in [-0.2, 0) is 0 Å². The van der Waals surface area contributed by atoms with Gasteiger partial charge >= 0.3 is 0 Å². The summed E-state index contributed by atoms with van der Waals surface area (Å²) in [5.41, 5.74) is 9.80. The van der Waals surface area contributed by atoms with Gasteiger partial charge in [-0.25, -0.2) is 4.98 Å². The van der Waals surface area contributed by atoms with Crippen molar-refractivity contribution < 1.29 is 0 Å². The van der Waals surface area contributed by atoms with E-state index in [1.54, 1.807) is 11.8 Å². The second kappa shape index (κ2) is 13.8. The molecule has 3 aromatic heterocycles. The first-order valence-corrected chi connectivity index (χ1v) is 19.8. The molecule has 0 saturated carbocycles. The fraction of sp³-hybridized carbons (Fsp3) is 0. The minimum Gasteiger partial charge on any atom is -0.309 e. The van der Waals surface area contributed by atoms with Crippen LogP contribution in [0.3, 0.4) is 0 Å². The van der Waals surface area contributed by atoms with Crippen LogP contribution < -0.4 is 0 Å². The number of fused-ring (bicyclic) bond motifs is 6. The van der Waals surface area contributed by atoms with Crippen LogP contribution >= 0.6 is 11.8 Å². The first kappa shape index (κ1) is 33.1. The lowest BCUT2D eigenvalue weighted by Crippen LogP contribution is -2.06. The first-order chi connectivity index (χ1) is 28.2. The average molecular weight is 748 g/mol. The van der Waals surface area contributed by atoms with E-state index in [0.29, 0.717) is 17.6 Å². The molecule has 11 aromatic rings. The molecule has 8 aromatic carbocycles. The highest BCUT2D eigenvalue weighted by Crippen LogP contribution is 2.38. The zero-order valence-corrected chi connectivity index (χ0v) is 31.5. The molecule has 6 heteroatoms. The monoisotopic (exact) mass is 747 g/mol. The Morgan fingerprint density at radius 2 is 0.754 bits per heavy atom. The topological polar surface area (TPSA) is 48.5 Å². The Hall–Kier alpha value is -7.28. The van der Waals surface area contributed by atoms with Gasteiger partial charge in [-0.15, -0.1) is 0 Å². The molecule has 3 heterocycles. The summed E-state index contributed by atoms with van der Waals surface area (Å²) in [7, 11) is 0. The molecule has 0 aliphatic heterocycles. The third kappa shape index (κ3) is 5.86. The molecule has 0 spiro atoms. The molecule has 11 rings (SSSR count). The molecular formula is C51H33N5S. The highest BCUT2D eigenvalue weighted by Gasteiger charge is 2.19. The Bertz CT molecular complexity index is 3240. The second-order valence-corrected chi connectivity index (χ2v) is 15.2. The maximum absolute atomic E-state index is 5.19. The fourth-order valence-electron chi connectivity index (χ4n) is 7.98. The lowest BCUT2D eigenvalue weighted by Gasteiger charge is -2.11. The molecule has 0 fully saturated rings. The molecule has 0 saturated heterocycles. The van der Waals surface area contributed by atoms with Gasteiger partial charge in [0.2, 0.25) is 5.95 Å². The van der Waals surface area contributed by atoms with Crippen LogP contribution in [0.5, 0.6) is 0 Å². The number of hydrogen-bond donors (Lipinski definition) is 0. The molecule has 0 unspecified atom stereocenters. The van der Waals surface area contributed by atoms with Crippen molar-refractivity contribution in [3.63, 3.8) is 0 Å². The van der Waals surface area contributed by atoms with Crippen molar-refractivity contribution in [2.75, 3.05) is 0 Å². The van der Waals surface area contributed by atoms with Gasteiger partial charge in [-0.1, -0.05) is 139 Å². The SMILES string of the molecule is c1ccc(Sc2ccc(-c3nc(-c4ccccc4)nc(-n4c5ccccc5c5cc(-c6ccc7c(c6)c6ccccc6n7-c6ccccc6)ccc54)n3)cc2)cc1. The standard InChI is InChI=1S/C51H33N5S/c1-4-14-34(15-5-1)49-52-50(35-24-28-40(29-25-35)57-39-18-8-3-9-19-39)54-51(53-49)56-46-23-13-11-21-42(46)44-33-37(27-31-48(44)56)36-26-30-47-43(32-36)41-20-10-12-22-45(41)55(47)38-16-6-2-7-17-38/h1-33H. The Balaban J connectivity index is 1.05. The second-order valence-electron chi connectivity index (χ2n) is 14.1. The lowest BCUT2D eigenvalue weighted by molar-refractivity contribution is 0.953. The lowest BCUT2D eigenvalue weighted by atomic mass is 10.0. The highest BCUT2D eigenvalue weighted by molar-refractivity contribution is 7.99. The van der Waals surface area contributed by atoms with Gasteiger partial charge in [-0.2, -0.15) is 9.97 Å². The number of rotatable bonds is 7. The zero-order valence-electron chi connectivity index (χ0n) is 30.7. The normalized spacial score (nSPS) is 11.6. The highest BCUT2D eigenvalue weighted by atomic mass is 32.2. The summed E-state index contributed by atoms with van der Waals surface area (Å²) >= 11 is 1.74. The average Bonchev–Trinajstić information content (AvgIpc) is 3.80. The number of nitrogens with zero attached hydrogens (tertiary/aromatic N) is 5. The van der Waals surface area contributed by atoms with Crippen LogP contribution in [0.15, 0.2) is 210 Å². The number of benzene rings is 8. The van der Waals surface area contributed by atoms with Gasteiger partial charge in [-0.05, 0) is 83.9 Å². The summed E-state index contributed by atoms with van der Waals surface area (Å²) in [6, 6.07) is 70.5. The summed E-state index contributed by atoms with van der Waals surface area (Å²) in [6.07, 6.45) is 0. The van der Waals surface area contributed by atoms with Crippen LogP contribution in [0.2, 0.25) is 0 Å². The molecule has 0 atom stereocenters. The van der Waals surface area contributed by atoms with Gasteiger partial charge in [0.15, 0.2) is 11.6 Å². The van der Waals surface area contributed by atoms with Crippen molar-refractivity contribution in [1.82, 2.24) is 24.1 Å². The van der Waals surface area contributed by atoms with Crippen molar-refractivity contribution >= 4 is 55.4 Å². The van der Waals surface area contributed by atoms with Crippen molar-refractivity contribution in [1.29, 1.82) is 0 Å². The minimum absolute atomic E-state index is 0.579. The predicted molar refractivity (Wildman–Crippen MR) is 235 cm³/mol. The Kier molecular flexibility index (Phi) is 8.00. The molecule has 0 N–H and O–H groups in total. The smallest absolute Gasteiger partial charge is 0.238 e. The summed E-state index contributed by atoms with van der Waals surface area (Å²) in [4.78, 5) is 17.7. The van der Waals surface area contributed by atoms with Gasteiger partial charge in [0.05, 0.1) is 22.1 Å². The minimum atomic E-state index is 0.579. The van der Waals surface area contributed by atoms with Crippen molar-refractivity contribution in [3.8, 4) is 45.5 Å². The third-order valence-corrected chi connectivity index (χ3v) is 11.7. The van der Waals surface area contributed by atoms with Gasteiger partial charge in [0.1, 0.15) is 0 Å². The summed E-state index contributed by atoms with van der Waals surface area (Å²) in [5.74, 6) is 1.83. The number of aromatic nitrogens is 5. The van der Waals surface area contributed by atoms with Crippen LogP contribution in [-0.4, -0.2) is 24.1 Å². The molecule has 0 bridgehead atoms. The Morgan fingerprint density at radius 3 is 1.37 bits per heavy atom. The van der Waals surface area contributed by atoms with Gasteiger partial charge in [-0.3, -0.25) is 4.57 Å². The summed E-state index contributed by atoms with van der Waals surface area (Å²) in [5, 5.41) is 4.75. The van der Waals surface area contributed by atoms with Crippen molar-refractivity contribution in [3.05, 3.63) is 200 Å². The van der Waals surface area contributed by atoms with E-state index < -0.39 is 0 Å². The van der Waals surface area contributed by atoms with Crippen LogP contribution in [0.4, 0.5) is 0 Å². The van der Waals surface area contributed by atoms with Crippen molar-refractivity contribution in [2.24, 2.45) is 0 Å². The van der Waals surface area contributed by atoms with Gasteiger partial charge < -0.3 is 4.57 Å².